The van der Waals surface area contributed by atoms with E-state index in [0.29, 0.717) is 10.6 Å². The molecule has 0 fully saturated rings. The lowest BCUT2D eigenvalue weighted by Gasteiger charge is -2.03. The van der Waals surface area contributed by atoms with Crippen molar-refractivity contribution >= 4 is 17.4 Å². The van der Waals surface area contributed by atoms with Gasteiger partial charge in [-0.15, -0.1) is 0 Å². The van der Waals surface area contributed by atoms with Crippen LogP contribution < -0.4 is 21.5 Å². The number of pyridine rings is 2. The second-order valence-electron chi connectivity index (χ2n) is 4.86. The molecule has 0 unspecified atom stereocenters. The van der Waals surface area contributed by atoms with Crippen molar-refractivity contribution in [2.24, 2.45) is 0 Å². The van der Waals surface area contributed by atoms with E-state index < -0.39 is 0 Å². The van der Waals surface area contributed by atoms with Crippen molar-refractivity contribution in [3.8, 4) is 11.4 Å². The third-order valence-corrected chi connectivity index (χ3v) is 3.60. The largest absolute Gasteiger partial charge is 1.00 e. The average Bonchev–Trinajstić information content (AvgIpc) is 2.57. The molecule has 0 aliphatic carbocycles. The Morgan fingerprint density at radius 1 is 1.00 bits per heavy atom. The summed E-state index contributed by atoms with van der Waals surface area (Å²) >= 11 is 5.86. The fourth-order valence-corrected chi connectivity index (χ4v) is 2.37. The number of hydrogen-bond donors (Lipinski definition) is 0. The van der Waals surface area contributed by atoms with Gasteiger partial charge in [-0.3, -0.25) is 4.79 Å². The Kier molecular flexibility index (Phi) is 6.02. The van der Waals surface area contributed by atoms with Gasteiger partial charge in [-0.2, -0.15) is 4.57 Å². The summed E-state index contributed by atoms with van der Waals surface area (Å²) in [5, 5.41) is 0.623. The van der Waals surface area contributed by atoms with Gasteiger partial charge < -0.3 is 17.0 Å². The number of benzene rings is 1. The predicted octanol–water partition coefficient (Wildman–Crippen LogP) is 0.576. The maximum absolute atomic E-state index is 12.4. The highest BCUT2D eigenvalue weighted by Gasteiger charge is 2.17. The highest BCUT2D eigenvalue weighted by atomic mass is 79.9. The summed E-state index contributed by atoms with van der Waals surface area (Å²) in [6.07, 6.45) is 3.63. The van der Waals surface area contributed by atoms with Crippen molar-refractivity contribution in [1.82, 2.24) is 4.98 Å². The van der Waals surface area contributed by atoms with Gasteiger partial charge in [0, 0.05) is 28.9 Å². The number of rotatable bonds is 4. The first-order valence-electron chi connectivity index (χ1n) is 6.93. The van der Waals surface area contributed by atoms with Crippen molar-refractivity contribution in [3.05, 3.63) is 83.6 Å². The summed E-state index contributed by atoms with van der Waals surface area (Å²) in [7, 11) is 0. The van der Waals surface area contributed by atoms with Gasteiger partial charge in [-0.1, -0.05) is 17.7 Å². The molecule has 0 saturated heterocycles. The Bertz CT molecular complexity index is 792. The van der Waals surface area contributed by atoms with Crippen LogP contribution in [0.4, 0.5) is 0 Å². The molecule has 0 bridgehead atoms. The van der Waals surface area contributed by atoms with Gasteiger partial charge in [0.2, 0.25) is 18.0 Å². The van der Waals surface area contributed by atoms with Gasteiger partial charge in [0.1, 0.15) is 5.69 Å². The molecule has 2 heterocycles. The molecule has 2 aromatic heterocycles. The summed E-state index contributed by atoms with van der Waals surface area (Å²) in [6, 6.07) is 18.5. The smallest absolute Gasteiger partial charge is 0.231 e. The van der Waals surface area contributed by atoms with E-state index in [-0.39, 0.29) is 29.3 Å². The number of aromatic nitrogens is 2. The minimum atomic E-state index is 0. The lowest BCUT2D eigenvalue weighted by atomic mass is 10.1. The topological polar surface area (TPSA) is 33.8 Å². The van der Waals surface area contributed by atoms with Crippen molar-refractivity contribution in [1.29, 1.82) is 0 Å². The molecule has 0 atom stereocenters. The molecule has 0 aliphatic rings. The Balaban J connectivity index is 0.00000192. The van der Waals surface area contributed by atoms with E-state index in [1.54, 1.807) is 30.5 Å². The maximum Gasteiger partial charge on any atom is 0.231 e. The number of halogens is 2. The number of nitrogens with zero attached hydrogens (tertiary/aromatic N) is 2. The third-order valence-electron chi connectivity index (χ3n) is 3.35. The highest BCUT2D eigenvalue weighted by Crippen LogP contribution is 2.12. The van der Waals surface area contributed by atoms with Crippen molar-refractivity contribution < 1.29 is 26.3 Å². The zero-order valence-electron chi connectivity index (χ0n) is 12.2. The lowest BCUT2D eigenvalue weighted by molar-refractivity contribution is -0.672. The fourth-order valence-electron chi connectivity index (χ4n) is 2.24. The van der Waals surface area contributed by atoms with E-state index in [0.717, 1.165) is 11.4 Å². The van der Waals surface area contributed by atoms with Crippen molar-refractivity contribution in [2.75, 3.05) is 0 Å². The van der Waals surface area contributed by atoms with Gasteiger partial charge >= 0.3 is 0 Å². The Morgan fingerprint density at radius 2 is 1.74 bits per heavy atom. The molecule has 1 aromatic carbocycles. The van der Waals surface area contributed by atoms with Crippen LogP contribution in [0.15, 0.2) is 73.1 Å². The molecule has 3 rings (SSSR count). The normalized spacial score (nSPS) is 9.96. The van der Waals surface area contributed by atoms with Gasteiger partial charge in [0.25, 0.3) is 0 Å². The van der Waals surface area contributed by atoms with Crippen LogP contribution in [0.3, 0.4) is 0 Å². The maximum atomic E-state index is 12.4. The third kappa shape index (κ3) is 4.24. The first kappa shape index (κ1) is 17.3. The first-order chi connectivity index (χ1) is 10.7. The van der Waals surface area contributed by atoms with Gasteiger partial charge in [0.15, 0.2) is 6.20 Å². The summed E-state index contributed by atoms with van der Waals surface area (Å²) in [5.41, 5.74) is 2.39. The number of hydrogen-bond acceptors (Lipinski definition) is 2. The molecule has 0 saturated carbocycles. The molecule has 23 heavy (non-hydrogen) atoms. The highest BCUT2D eigenvalue weighted by molar-refractivity contribution is 6.30. The zero-order valence-corrected chi connectivity index (χ0v) is 14.5. The van der Waals surface area contributed by atoms with Crippen LogP contribution in [0.2, 0.25) is 5.02 Å². The van der Waals surface area contributed by atoms with Gasteiger partial charge in [-0.25, -0.2) is 4.98 Å². The predicted molar refractivity (Wildman–Crippen MR) is 85.7 cm³/mol. The molecular formula is C18H14BrClN2O. The second kappa shape index (κ2) is 7.99. The van der Waals surface area contributed by atoms with Gasteiger partial charge in [0.05, 0.1) is 0 Å². The zero-order chi connectivity index (χ0) is 15.4. The molecule has 5 heteroatoms. The molecule has 0 amide bonds. The fraction of sp³-hybridized carbons (Fsp3) is 0.0556. The molecule has 0 radical (unpaired) electrons. The van der Waals surface area contributed by atoms with Crippen LogP contribution in [0, 0.1) is 0 Å². The van der Waals surface area contributed by atoms with Crippen LogP contribution >= 0.6 is 11.6 Å². The molecule has 3 aromatic rings. The van der Waals surface area contributed by atoms with E-state index in [2.05, 4.69) is 4.98 Å². The van der Waals surface area contributed by atoms with Crippen LogP contribution in [0.1, 0.15) is 10.4 Å². The molecule has 0 spiro atoms. The van der Waals surface area contributed by atoms with E-state index in [1.807, 2.05) is 47.2 Å². The van der Waals surface area contributed by atoms with Crippen LogP contribution in [-0.2, 0) is 6.54 Å². The van der Waals surface area contributed by atoms with Crippen LogP contribution in [0.25, 0.3) is 11.4 Å². The minimum absolute atomic E-state index is 0. The van der Waals surface area contributed by atoms with E-state index in [4.69, 9.17) is 11.6 Å². The molecule has 3 nitrogen and oxygen atoms in total. The number of carbonyl (C=O) groups is 1. The van der Waals surface area contributed by atoms with E-state index >= 15 is 0 Å². The molecular weight excluding hydrogens is 376 g/mol. The monoisotopic (exact) mass is 388 g/mol. The first-order valence-corrected chi connectivity index (χ1v) is 7.30. The standard InChI is InChI=1S/C18H14ClN2O.BrH/c19-15-9-7-14(8-10-15)18(22)13-21-12-4-2-6-17(21)16-5-1-3-11-20-16;/h1-12H,13H2;1H/q+1;/p-1. The van der Waals surface area contributed by atoms with E-state index in [1.165, 1.54) is 0 Å². The summed E-state index contributed by atoms with van der Waals surface area (Å²) in [4.78, 5) is 16.8. The Morgan fingerprint density at radius 3 is 2.43 bits per heavy atom. The number of carbonyl (C=O) groups excluding carboxylic acids is 1. The summed E-state index contributed by atoms with van der Waals surface area (Å²) < 4.78 is 1.90. The van der Waals surface area contributed by atoms with Crippen LogP contribution in [0.5, 0.6) is 0 Å². The number of ketones is 1. The Hall–Kier alpha value is -2.04. The SMILES string of the molecule is O=C(C[n+]1ccccc1-c1ccccn1)c1ccc(Cl)cc1.[Br-]. The quantitative estimate of drug-likeness (QED) is 0.483. The van der Waals surface area contributed by atoms with E-state index in [9.17, 15) is 4.79 Å². The van der Waals surface area contributed by atoms with Gasteiger partial charge in [-0.05, 0) is 42.5 Å². The lowest BCUT2D eigenvalue weighted by Crippen LogP contribution is -3.00. The Labute approximate surface area is 150 Å². The molecule has 0 N–H and O–H groups in total. The van der Waals surface area contributed by atoms with Crippen molar-refractivity contribution in [3.63, 3.8) is 0 Å². The molecule has 0 aliphatic heterocycles. The summed E-state index contributed by atoms with van der Waals surface area (Å²) in [6.45, 7) is 0.258. The van der Waals surface area contributed by atoms with Crippen molar-refractivity contribution in [2.45, 2.75) is 6.54 Å². The molecule has 116 valence electrons. The van der Waals surface area contributed by atoms with Crippen LogP contribution in [-0.4, -0.2) is 10.8 Å². The summed E-state index contributed by atoms with van der Waals surface area (Å²) in [5.74, 6) is 0.0325. The second-order valence-corrected chi connectivity index (χ2v) is 5.30. The average molecular weight is 390 g/mol. The minimum Gasteiger partial charge on any atom is -1.00 e. The number of Topliss-reactive ketones (excluding diaryl/α,β-unsaturated/α-hetero) is 1.